The lowest BCUT2D eigenvalue weighted by Gasteiger charge is -2.36. The maximum atomic E-state index is 9.28. The van der Waals surface area contributed by atoms with Crippen LogP contribution in [0.5, 0.6) is 0 Å². The Hall–Kier alpha value is -2.91. The van der Waals surface area contributed by atoms with Gasteiger partial charge in [-0.25, -0.2) is 4.98 Å². The van der Waals surface area contributed by atoms with Gasteiger partial charge in [-0.1, -0.05) is 12.1 Å². The van der Waals surface area contributed by atoms with E-state index in [1.165, 1.54) is 5.56 Å². The molecule has 6 nitrogen and oxygen atoms in total. The summed E-state index contributed by atoms with van der Waals surface area (Å²) in [6, 6.07) is 12.3. The zero-order valence-electron chi connectivity index (χ0n) is 14.3. The van der Waals surface area contributed by atoms with E-state index in [4.69, 9.17) is 0 Å². The lowest BCUT2D eigenvalue weighted by Crippen LogP contribution is -2.46. The van der Waals surface area contributed by atoms with E-state index in [0.717, 1.165) is 55.0 Å². The molecule has 0 amide bonds. The number of rotatable bonds is 3. The van der Waals surface area contributed by atoms with Crippen molar-refractivity contribution in [2.24, 2.45) is 7.05 Å². The summed E-state index contributed by atoms with van der Waals surface area (Å²) in [5, 5.41) is 14.6. The molecule has 0 aliphatic carbocycles. The van der Waals surface area contributed by atoms with E-state index in [1.807, 2.05) is 43.7 Å². The van der Waals surface area contributed by atoms with Gasteiger partial charge in [-0.15, -0.1) is 0 Å². The van der Waals surface area contributed by atoms with Crippen LogP contribution in [-0.4, -0.2) is 45.8 Å². The highest BCUT2D eigenvalue weighted by Crippen LogP contribution is 2.22. The van der Waals surface area contributed by atoms with E-state index in [9.17, 15) is 5.26 Å². The fourth-order valence-electron chi connectivity index (χ4n) is 3.42. The fraction of sp³-hybridized carbons (Fsp3) is 0.316. The highest BCUT2D eigenvalue weighted by Gasteiger charge is 2.19. The zero-order chi connectivity index (χ0) is 17.2. The zero-order valence-corrected chi connectivity index (χ0v) is 14.3. The molecule has 0 saturated carbocycles. The molecule has 25 heavy (non-hydrogen) atoms. The second-order valence-electron chi connectivity index (χ2n) is 6.42. The third-order valence-corrected chi connectivity index (χ3v) is 4.77. The van der Waals surface area contributed by atoms with E-state index in [-0.39, 0.29) is 0 Å². The van der Waals surface area contributed by atoms with Crippen molar-refractivity contribution >= 4 is 16.7 Å². The summed E-state index contributed by atoms with van der Waals surface area (Å²) in [6.07, 6.45) is 3.81. The number of aromatic nitrogens is 3. The Morgan fingerprint density at radius 1 is 1.12 bits per heavy atom. The van der Waals surface area contributed by atoms with Crippen LogP contribution in [0.4, 0.5) is 5.69 Å². The summed E-state index contributed by atoms with van der Waals surface area (Å²) >= 11 is 0. The number of hydrogen-bond donors (Lipinski definition) is 0. The van der Waals surface area contributed by atoms with Gasteiger partial charge in [0.15, 0.2) is 5.65 Å². The van der Waals surface area contributed by atoms with Crippen molar-refractivity contribution in [1.82, 2.24) is 19.7 Å². The first kappa shape index (κ1) is 15.6. The SMILES string of the molecule is Cn1ncc2cc(CN3CCN(c4ccccc4C#N)CC3)cnc21. The van der Waals surface area contributed by atoms with Crippen LogP contribution in [-0.2, 0) is 13.6 Å². The summed E-state index contributed by atoms with van der Waals surface area (Å²) in [5.41, 5.74) is 3.93. The third kappa shape index (κ3) is 3.06. The molecule has 2 aromatic heterocycles. The number of para-hydroxylation sites is 1. The number of hydrogen-bond acceptors (Lipinski definition) is 5. The Labute approximate surface area is 146 Å². The second kappa shape index (κ2) is 6.54. The van der Waals surface area contributed by atoms with Gasteiger partial charge in [-0.2, -0.15) is 10.4 Å². The van der Waals surface area contributed by atoms with Crippen molar-refractivity contribution in [3.05, 3.63) is 53.9 Å². The van der Waals surface area contributed by atoms with Crippen molar-refractivity contribution in [1.29, 1.82) is 5.26 Å². The van der Waals surface area contributed by atoms with Gasteiger partial charge in [0.25, 0.3) is 0 Å². The first-order chi connectivity index (χ1) is 12.2. The molecule has 0 bridgehead atoms. The Bertz CT molecular complexity index is 930. The lowest BCUT2D eigenvalue weighted by molar-refractivity contribution is 0.249. The molecule has 1 fully saturated rings. The molecule has 1 aliphatic rings. The molecule has 0 N–H and O–H groups in total. The van der Waals surface area contributed by atoms with Gasteiger partial charge in [0, 0.05) is 51.4 Å². The van der Waals surface area contributed by atoms with Gasteiger partial charge < -0.3 is 4.90 Å². The third-order valence-electron chi connectivity index (χ3n) is 4.77. The standard InChI is InChI=1S/C19H20N6/c1-23-19-17(13-22-23)10-15(12-21-19)14-24-6-8-25(9-7-24)18-5-3-2-4-16(18)11-20/h2-5,10,12-13H,6-9,14H2,1H3. The number of aryl methyl sites for hydroxylation is 1. The normalized spacial score (nSPS) is 15.4. The predicted octanol–water partition coefficient (Wildman–Crippen LogP) is 2.16. The van der Waals surface area contributed by atoms with E-state index in [0.29, 0.717) is 0 Å². The average molecular weight is 332 g/mol. The monoisotopic (exact) mass is 332 g/mol. The molecule has 4 rings (SSSR count). The Balaban J connectivity index is 1.42. The van der Waals surface area contributed by atoms with Crippen LogP contribution in [0.2, 0.25) is 0 Å². The molecule has 126 valence electrons. The fourth-order valence-corrected chi connectivity index (χ4v) is 3.42. The molecule has 0 radical (unpaired) electrons. The number of pyridine rings is 1. The first-order valence-electron chi connectivity index (χ1n) is 8.47. The van der Waals surface area contributed by atoms with Crippen molar-refractivity contribution < 1.29 is 0 Å². The Morgan fingerprint density at radius 2 is 1.92 bits per heavy atom. The molecule has 1 aromatic carbocycles. The Morgan fingerprint density at radius 3 is 2.72 bits per heavy atom. The van der Waals surface area contributed by atoms with Crippen molar-refractivity contribution in [3.8, 4) is 6.07 Å². The van der Waals surface area contributed by atoms with Crippen LogP contribution in [0.1, 0.15) is 11.1 Å². The van der Waals surface area contributed by atoms with Crippen LogP contribution in [0.25, 0.3) is 11.0 Å². The molecular formula is C19H20N6. The summed E-state index contributed by atoms with van der Waals surface area (Å²) in [4.78, 5) is 9.26. The van der Waals surface area contributed by atoms with Crippen LogP contribution < -0.4 is 4.90 Å². The summed E-state index contributed by atoms with van der Waals surface area (Å²) in [7, 11) is 1.91. The summed E-state index contributed by atoms with van der Waals surface area (Å²) < 4.78 is 1.80. The van der Waals surface area contributed by atoms with E-state index >= 15 is 0 Å². The van der Waals surface area contributed by atoms with Gasteiger partial charge >= 0.3 is 0 Å². The minimum Gasteiger partial charge on any atom is -0.368 e. The maximum absolute atomic E-state index is 9.28. The number of benzene rings is 1. The lowest BCUT2D eigenvalue weighted by atomic mass is 10.1. The molecule has 0 atom stereocenters. The predicted molar refractivity (Wildman–Crippen MR) is 97.2 cm³/mol. The van der Waals surface area contributed by atoms with Crippen molar-refractivity contribution in [2.75, 3.05) is 31.1 Å². The van der Waals surface area contributed by atoms with Gasteiger partial charge in [0.1, 0.15) is 6.07 Å². The number of nitrogens with zero attached hydrogens (tertiary/aromatic N) is 6. The van der Waals surface area contributed by atoms with E-state index in [1.54, 1.807) is 4.68 Å². The maximum Gasteiger partial charge on any atom is 0.157 e. The molecule has 0 unspecified atom stereocenters. The number of fused-ring (bicyclic) bond motifs is 1. The van der Waals surface area contributed by atoms with E-state index in [2.05, 4.69) is 32.0 Å². The molecular weight excluding hydrogens is 312 g/mol. The Kier molecular flexibility index (Phi) is 4.08. The number of nitriles is 1. The van der Waals surface area contributed by atoms with Crippen LogP contribution in [0.15, 0.2) is 42.7 Å². The highest BCUT2D eigenvalue weighted by atomic mass is 15.3. The minimum atomic E-state index is 0.752. The number of anilines is 1. The van der Waals surface area contributed by atoms with Crippen molar-refractivity contribution in [2.45, 2.75) is 6.54 Å². The summed E-state index contributed by atoms with van der Waals surface area (Å²) in [6.45, 7) is 4.71. The molecule has 1 aliphatic heterocycles. The number of piperazine rings is 1. The van der Waals surface area contributed by atoms with Gasteiger partial charge in [0.2, 0.25) is 0 Å². The van der Waals surface area contributed by atoms with E-state index < -0.39 is 0 Å². The molecule has 3 aromatic rings. The largest absolute Gasteiger partial charge is 0.368 e. The van der Waals surface area contributed by atoms with Gasteiger partial charge in [-0.05, 0) is 23.8 Å². The molecule has 3 heterocycles. The first-order valence-corrected chi connectivity index (χ1v) is 8.47. The van der Waals surface area contributed by atoms with Crippen LogP contribution in [0.3, 0.4) is 0 Å². The summed E-state index contributed by atoms with van der Waals surface area (Å²) in [5.74, 6) is 0. The van der Waals surface area contributed by atoms with Gasteiger partial charge in [0.05, 0.1) is 17.4 Å². The quantitative estimate of drug-likeness (QED) is 0.735. The average Bonchev–Trinajstić information content (AvgIpc) is 3.03. The second-order valence-corrected chi connectivity index (χ2v) is 6.42. The molecule has 0 spiro atoms. The van der Waals surface area contributed by atoms with Crippen LogP contribution >= 0.6 is 0 Å². The highest BCUT2D eigenvalue weighted by molar-refractivity contribution is 5.74. The van der Waals surface area contributed by atoms with Crippen LogP contribution in [0, 0.1) is 11.3 Å². The minimum absolute atomic E-state index is 0.752. The molecule has 6 heteroatoms. The van der Waals surface area contributed by atoms with Gasteiger partial charge in [-0.3, -0.25) is 9.58 Å². The van der Waals surface area contributed by atoms with Crippen molar-refractivity contribution in [3.63, 3.8) is 0 Å². The molecule has 1 saturated heterocycles. The smallest absolute Gasteiger partial charge is 0.157 e. The topological polar surface area (TPSA) is 61.0 Å².